The Morgan fingerprint density at radius 1 is 1.38 bits per heavy atom. The lowest BCUT2D eigenvalue weighted by Crippen LogP contribution is -2.39. The molecule has 21 heavy (non-hydrogen) atoms. The van der Waals surface area contributed by atoms with Crippen LogP contribution in [0.2, 0.25) is 0 Å². The van der Waals surface area contributed by atoms with E-state index >= 15 is 0 Å². The summed E-state index contributed by atoms with van der Waals surface area (Å²) in [6, 6.07) is 4.60. The molecule has 0 spiro atoms. The summed E-state index contributed by atoms with van der Waals surface area (Å²) in [5, 5.41) is 13.6. The van der Waals surface area contributed by atoms with Crippen LogP contribution < -0.4 is 10.1 Å². The van der Waals surface area contributed by atoms with Crippen LogP contribution in [0.25, 0.3) is 0 Å². The smallest absolute Gasteiger partial charge is 0.269 e. The van der Waals surface area contributed by atoms with Gasteiger partial charge in [-0.05, 0) is 31.4 Å². The predicted octanol–water partition coefficient (Wildman–Crippen LogP) is 2.73. The second-order valence-electron chi connectivity index (χ2n) is 5.40. The van der Waals surface area contributed by atoms with Gasteiger partial charge in [0.2, 0.25) is 0 Å². The second kappa shape index (κ2) is 7.06. The lowest BCUT2D eigenvalue weighted by molar-refractivity contribution is -0.384. The van der Waals surface area contributed by atoms with Crippen molar-refractivity contribution < 1.29 is 14.5 Å². The van der Waals surface area contributed by atoms with Crippen LogP contribution in [0.1, 0.15) is 37.7 Å². The summed E-state index contributed by atoms with van der Waals surface area (Å²) in [6.07, 6.45) is 5.62. The van der Waals surface area contributed by atoms with Crippen LogP contribution in [-0.4, -0.2) is 23.5 Å². The molecule has 1 aromatic carbocycles. The molecule has 0 bridgehead atoms. The summed E-state index contributed by atoms with van der Waals surface area (Å²) >= 11 is 0. The zero-order valence-electron chi connectivity index (χ0n) is 12.1. The fraction of sp³-hybridized carbons (Fsp3) is 0.533. The van der Waals surface area contributed by atoms with Crippen molar-refractivity contribution in [2.45, 2.75) is 45.1 Å². The van der Waals surface area contributed by atoms with E-state index in [2.05, 4.69) is 5.32 Å². The number of carbonyl (C=O) groups excluding carboxylic acids is 1. The van der Waals surface area contributed by atoms with E-state index in [9.17, 15) is 14.9 Å². The highest BCUT2D eigenvalue weighted by Crippen LogP contribution is 2.23. The first-order valence-electron chi connectivity index (χ1n) is 7.23. The molecule has 1 aliphatic carbocycles. The van der Waals surface area contributed by atoms with E-state index in [-0.39, 0.29) is 24.2 Å². The summed E-state index contributed by atoms with van der Waals surface area (Å²) in [5.41, 5.74) is 0.668. The molecular formula is C15H20N2O4. The molecule has 1 aliphatic rings. The average Bonchev–Trinajstić information content (AvgIpc) is 2.47. The Hall–Kier alpha value is -2.11. The minimum atomic E-state index is -0.452. The summed E-state index contributed by atoms with van der Waals surface area (Å²) in [7, 11) is 0. The molecule has 0 atom stereocenters. The van der Waals surface area contributed by atoms with Gasteiger partial charge in [0.05, 0.1) is 4.92 Å². The minimum Gasteiger partial charge on any atom is -0.484 e. The van der Waals surface area contributed by atoms with Gasteiger partial charge < -0.3 is 10.1 Å². The molecule has 0 aromatic heterocycles. The van der Waals surface area contributed by atoms with Gasteiger partial charge in [-0.25, -0.2) is 0 Å². The normalized spacial score (nSPS) is 15.5. The van der Waals surface area contributed by atoms with E-state index in [1.54, 1.807) is 6.92 Å². The van der Waals surface area contributed by atoms with Gasteiger partial charge in [0.15, 0.2) is 6.61 Å². The maximum Gasteiger partial charge on any atom is 0.269 e. The minimum absolute atomic E-state index is 0.0199. The number of nitrogens with one attached hydrogen (secondary N) is 1. The highest BCUT2D eigenvalue weighted by molar-refractivity contribution is 5.77. The molecule has 0 saturated heterocycles. The molecule has 2 rings (SSSR count). The van der Waals surface area contributed by atoms with E-state index in [0.717, 1.165) is 25.7 Å². The lowest BCUT2D eigenvalue weighted by atomic mass is 9.95. The monoisotopic (exact) mass is 292 g/mol. The largest absolute Gasteiger partial charge is 0.484 e. The number of rotatable bonds is 5. The third-order valence-corrected chi connectivity index (χ3v) is 3.70. The van der Waals surface area contributed by atoms with Gasteiger partial charge in [-0.15, -0.1) is 0 Å². The highest BCUT2D eigenvalue weighted by Gasteiger charge is 2.16. The maximum atomic E-state index is 11.8. The van der Waals surface area contributed by atoms with Gasteiger partial charge in [0.1, 0.15) is 5.75 Å². The summed E-state index contributed by atoms with van der Waals surface area (Å²) < 4.78 is 5.44. The van der Waals surface area contributed by atoms with Crippen molar-refractivity contribution in [3.05, 3.63) is 33.9 Å². The molecule has 0 radical (unpaired) electrons. The van der Waals surface area contributed by atoms with Crippen molar-refractivity contribution in [1.82, 2.24) is 5.32 Å². The van der Waals surface area contributed by atoms with Crippen LogP contribution in [0.4, 0.5) is 5.69 Å². The van der Waals surface area contributed by atoms with E-state index in [0.29, 0.717) is 11.3 Å². The van der Waals surface area contributed by atoms with Crippen molar-refractivity contribution >= 4 is 11.6 Å². The first kappa shape index (κ1) is 15.3. The van der Waals surface area contributed by atoms with E-state index in [4.69, 9.17) is 4.74 Å². The van der Waals surface area contributed by atoms with Crippen LogP contribution in [0.15, 0.2) is 18.2 Å². The fourth-order valence-corrected chi connectivity index (χ4v) is 2.57. The number of aryl methyl sites for hydroxylation is 1. The number of hydrogen-bond donors (Lipinski definition) is 1. The van der Waals surface area contributed by atoms with Crippen LogP contribution in [0.3, 0.4) is 0 Å². The van der Waals surface area contributed by atoms with Crippen LogP contribution >= 0.6 is 0 Å². The van der Waals surface area contributed by atoms with Crippen molar-refractivity contribution in [3.8, 4) is 5.75 Å². The Bertz CT molecular complexity index is 524. The number of carbonyl (C=O) groups is 1. The molecule has 0 aliphatic heterocycles. The Morgan fingerprint density at radius 3 is 2.71 bits per heavy atom. The van der Waals surface area contributed by atoms with Gasteiger partial charge in [-0.2, -0.15) is 0 Å². The number of ether oxygens (including phenoxy) is 1. The summed E-state index contributed by atoms with van der Waals surface area (Å²) in [6.45, 7) is 1.66. The Labute approximate surface area is 123 Å². The molecule has 1 N–H and O–H groups in total. The Kier molecular flexibility index (Phi) is 5.14. The first-order valence-corrected chi connectivity index (χ1v) is 7.23. The van der Waals surface area contributed by atoms with E-state index in [1.165, 1.54) is 24.6 Å². The SMILES string of the molecule is Cc1cc([N+](=O)[O-])ccc1OCC(=O)NC1CCCCC1. The fourth-order valence-electron chi connectivity index (χ4n) is 2.57. The van der Waals surface area contributed by atoms with Gasteiger partial charge in [0.25, 0.3) is 11.6 Å². The third kappa shape index (κ3) is 4.44. The van der Waals surface area contributed by atoms with Gasteiger partial charge >= 0.3 is 0 Å². The second-order valence-corrected chi connectivity index (χ2v) is 5.40. The van der Waals surface area contributed by atoms with Gasteiger partial charge in [-0.3, -0.25) is 14.9 Å². The molecule has 0 unspecified atom stereocenters. The maximum absolute atomic E-state index is 11.8. The quantitative estimate of drug-likeness (QED) is 0.668. The zero-order chi connectivity index (χ0) is 15.2. The lowest BCUT2D eigenvalue weighted by Gasteiger charge is -2.22. The standard InChI is InChI=1S/C15H20N2O4/c1-11-9-13(17(19)20)7-8-14(11)21-10-15(18)16-12-5-3-2-4-6-12/h7-9,12H,2-6,10H2,1H3,(H,16,18). The zero-order valence-corrected chi connectivity index (χ0v) is 12.1. The number of amides is 1. The number of non-ortho nitro benzene ring substituents is 1. The topological polar surface area (TPSA) is 81.5 Å². The summed E-state index contributed by atoms with van der Waals surface area (Å²) in [4.78, 5) is 22.0. The number of hydrogen-bond acceptors (Lipinski definition) is 4. The van der Waals surface area contributed by atoms with Crippen LogP contribution in [0.5, 0.6) is 5.75 Å². The number of nitrogens with zero attached hydrogens (tertiary/aromatic N) is 1. The number of nitro groups is 1. The van der Waals surface area contributed by atoms with Gasteiger partial charge in [-0.1, -0.05) is 19.3 Å². The molecule has 1 amide bonds. The Balaban J connectivity index is 1.84. The number of nitro benzene ring substituents is 1. The van der Waals surface area contributed by atoms with Crippen LogP contribution in [0, 0.1) is 17.0 Å². The molecule has 1 fully saturated rings. The summed E-state index contributed by atoms with van der Waals surface area (Å²) in [5.74, 6) is 0.360. The average molecular weight is 292 g/mol. The van der Waals surface area contributed by atoms with Crippen molar-refractivity contribution in [2.24, 2.45) is 0 Å². The molecule has 0 heterocycles. The number of benzene rings is 1. The molecule has 1 saturated carbocycles. The third-order valence-electron chi connectivity index (χ3n) is 3.70. The van der Waals surface area contributed by atoms with Gasteiger partial charge in [0, 0.05) is 18.2 Å². The van der Waals surface area contributed by atoms with Crippen molar-refractivity contribution in [1.29, 1.82) is 0 Å². The molecule has 114 valence electrons. The Morgan fingerprint density at radius 2 is 2.10 bits per heavy atom. The van der Waals surface area contributed by atoms with E-state index in [1.807, 2.05) is 0 Å². The highest BCUT2D eigenvalue weighted by atomic mass is 16.6. The molecule has 6 heteroatoms. The van der Waals surface area contributed by atoms with Crippen molar-refractivity contribution in [3.63, 3.8) is 0 Å². The van der Waals surface area contributed by atoms with Crippen LogP contribution in [-0.2, 0) is 4.79 Å². The molecule has 6 nitrogen and oxygen atoms in total. The van der Waals surface area contributed by atoms with Crippen molar-refractivity contribution in [2.75, 3.05) is 6.61 Å². The molecular weight excluding hydrogens is 272 g/mol. The predicted molar refractivity (Wildman–Crippen MR) is 78.3 cm³/mol. The first-order chi connectivity index (χ1) is 10.1. The van der Waals surface area contributed by atoms with E-state index < -0.39 is 4.92 Å². The molecule has 1 aromatic rings.